The second-order valence-electron chi connectivity index (χ2n) is 5.87. The van der Waals surface area contributed by atoms with E-state index < -0.39 is 6.04 Å². The number of nitrogens with zero attached hydrogens (tertiary/aromatic N) is 3. The normalized spacial score (nSPS) is 12.0. The summed E-state index contributed by atoms with van der Waals surface area (Å²) in [7, 11) is 0. The Balaban J connectivity index is 2.13. The first-order valence-electron chi connectivity index (χ1n) is 8.28. The molecule has 3 rings (SSSR count). The van der Waals surface area contributed by atoms with Gasteiger partial charge in [-0.15, -0.1) is 0 Å². The summed E-state index contributed by atoms with van der Waals surface area (Å²) in [6.07, 6.45) is 10.4. The van der Waals surface area contributed by atoms with E-state index in [-0.39, 0.29) is 5.56 Å². The number of pyridine rings is 1. The fourth-order valence-corrected chi connectivity index (χ4v) is 3.15. The summed E-state index contributed by atoms with van der Waals surface area (Å²) < 4.78 is 1.49. The third kappa shape index (κ3) is 3.62. The summed E-state index contributed by atoms with van der Waals surface area (Å²) >= 11 is 6.03. The van der Waals surface area contributed by atoms with Crippen LogP contribution in [0.15, 0.2) is 60.3 Å². The van der Waals surface area contributed by atoms with Crippen LogP contribution in [-0.4, -0.2) is 14.8 Å². The van der Waals surface area contributed by atoms with E-state index in [1.807, 2.05) is 19.1 Å². The molecule has 2 heterocycles. The summed E-state index contributed by atoms with van der Waals surface area (Å²) in [6, 6.07) is 8.50. The summed E-state index contributed by atoms with van der Waals surface area (Å²) in [5.74, 6) is 0. The highest BCUT2D eigenvalue weighted by Crippen LogP contribution is 2.26. The van der Waals surface area contributed by atoms with E-state index in [0.717, 1.165) is 11.1 Å². The highest BCUT2D eigenvalue weighted by Gasteiger charge is 2.20. The predicted octanol–water partition coefficient (Wildman–Crippen LogP) is 4.68. The number of benzene rings is 1. The Labute approximate surface area is 161 Å². The maximum absolute atomic E-state index is 12.5. The molecule has 0 saturated heterocycles. The second kappa shape index (κ2) is 7.90. The molecule has 0 aliphatic carbocycles. The van der Waals surface area contributed by atoms with Crippen molar-refractivity contribution < 1.29 is 0 Å². The molecule has 0 aliphatic rings. The van der Waals surface area contributed by atoms with Crippen LogP contribution in [0.1, 0.15) is 29.7 Å². The van der Waals surface area contributed by atoms with Gasteiger partial charge in [0.1, 0.15) is 0 Å². The van der Waals surface area contributed by atoms with Crippen LogP contribution < -0.4 is 5.56 Å². The number of H-pyrrole nitrogens is 1. The number of aromatic amines is 1. The lowest BCUT2D eigenvalue weighted by Crippen LogP contribution is -2.14. The lowest BCUT2D eigenvalue weighted by molar-refractivity contribution is 0.613. The standard InChI is InChI=1S/C21H17ClN4O/c1-3-6-15-11-24-12-18(17(15)4-2)20(10-23)26-13-19(21(27)25-26)14-7-5-8-16(22)9-14/h3-9,11-13,20H,2H2,1H3,(H,25,27)/b6-3-. The van der Waals surface area contributed by atoms with Crippen molar-refractivity contribution in [2.24, 2.45) is 0 Å². The third-order valence-electron chi connectivity index (χ3n) is 4.17. The molecule has 27 heavy (non-hydrogen) atoms. The van der Waals surface area contributed by atoms with Gasteiger partial charge < -0.3 is 0 Å². The Morgan fingerprint density at radius 2 is 2.22 bits per heavy atom. The van der Waals surface area contributed by atoms with Crippen LogP contribution in [0.5, 0.6) is 0 Å². The van der Waals surface area contributed by atoms with E-state index in [1.54, 1.807) is 48.9 Å². The Kier molecular flexibility index (Phi) is 5.39. The van der Waals surface area contributed by atoms with Gasteiger partial charge in [0.2, 0.25) is 0 Å². The number of rotatable bonds is 5. The van der Waals surface area contributed by atoms with Crippen LogP contribution in [0.3, 0.4) is 0 Å². The van der Waals surface area contributed by atoms with Gasteiger partial charge in [-0.05, 0) is 30.2 Å². The number of nitrogens with one attached hydrogen (secondary N) is 1. The molecular weight excluding hydrogens is 360 g/mol. The first-order valence-corrected chi connectivity index (χ1v) is 8.66. The van der Waals surface area contributed by atoms with Crippen LogP contribution in [0.2, 0.25) is 5.02 Å². The molecule has 1 N–H and O–H groups in total. The maximum Gasteiger partial charge on any atom is 0.271 e. The summed E-state index contributed by atoms with van der Waals surface area (Å²) in [5, 5.41) is 13.1. The van der Waals surface area contributed by atoms with Gasteiger partial charge in [-0.25, -0.2) is 0 Å². The molecule has 134 valence electrons. The molecule has 1 aromatic carbocycles. The minimum atomic E-state index is -0.753. The number of hydrogen-bond acceptors (Lipinski definition) is 3. The molecule has 1 unspecified atom stereocenters. The van der Waals surface area contributed by atoms with Crippen molar-refractivity contribution in [2.75, 3.05) is 0 Å². The van der Waals surface area contributed by atoms with Crippen molar-refractivity contribution in [2.45, 2.75) is 13.0 Å². The van der Waals surface area contributed by atoms with Gasteiger partial charge in [-0.1, -0.05) is 48.5 Å². The van der Waals surface area contributed by atoms with E-state index in [4.69, 9.17) is 11.6 Å². The monoisotopic (exact) mass is 376 g/mol. The number of nitriles is 1. The third-order valence-corrected chi connectivity index (χ3v) is 4.41. The molecule has 0 amide bonds. The first-order chi connectivity index (χ1) is 13.1. The topological polar surface area (TPSA) is 74.5 Å². The van der Waals surface area contributed by atoms with Crippen molar-refractivity contribution in [3.05, 3.63) is 87.6 Å². The van der Waals surface area contributed by atoms with Crippen LogP contribution in [0.25, 0.3) is 23.3 Å². The van der Waals surface area contributed by atoms with Crippen LogP contribution in [0, 0.1) is 11.3 Å². The SMILES string of the molecule is C=Cc1c(/C=C\C)cncc1C(C#N)n1cc(-c2cccc(Cl)c2)c(=O)[nH]1. The van der Waals surface area contributed by atoms with Crippen molar-refractivity contribution in [3.63, 3.8) is 0 Å². The molecular formula is C21H17ClN4O. The number of allylic oxidation sites excluding steroid dienone is 1. The van der Waals surface area contributed by atoms with E-state index in [1.165, 1.54) is 4.68 Å². The van der Waals surface area contributed by atoms with Gasteiger partial charge in [-0.3, -0.25) is 19.6 Å². The average Bonchev–Trinajstić information content (AvgIpc) is 3.04. The second-order valence-corrected chi connectivity index (χ2v) is 6.31. The number of aromatic nitrogens is 3. The molecule has 0 aliphatic heterocycles. The zero-order chi connectivity index (χ0) is 19.4. The zero-order valence-electron chi connectivity index (χ0n) is 14.7. The Morgan fingerprint density at radius 1 is 1.41 bits per heavy atom. The van der Waals surface area contributed by atoms with Gasteiger partial charge in [0.15, 0.2) is 6.04 Å². The Bertz CT molecular complexity index is 1120. The molecule has 0 saturated carbocycles. The van der Waals surface area contributed by atoms with E-state index in [0.29, 0.717) is 21.7 Å². The van der Waals surface area contributed by atoms with Gasteiger partial charge in [0, 0.05) is 34.7 Å². The molecule has 0 fully saturated rings. The van der Waals surface area contributed by atoms with Crippen LogP contribution in [-0.2, 0) is 0 Å². The van der Waals surface area contributed by atoms with Crippen molar-refractivity contribution in [3.8, 4) is 17.2 Å². The molecule has 0 spiro atoms. The molecule has 6 heteroatoms. The largest absolute Gasteiger partial charge is 0.271 e. The summed E-state index contributed by atoms with van der Waals surface area (Å²) in [6.45, 7) is 5.76. The number of halogens is 1. The van der Waals surface area contributed by atoms with Gasteiger partial charge >= 0.3 is 0 Å². The average molecular weight is 377 g/mol. The summed E-state index contributed by atoms with van der Waals surface area (Å²) in [5.41, 5.74) is 3.14. The van der Waals surface area contributed by atoms with Gasteiger partial charge in [0.05, 0.1) is 11.6 Å². The predicted molar refractivity (Wildman–Crippen MR) is 108 cm³/mol. The molecule has 3 aromatic rings. The molecule has 2 aromatic heterocycles. The van der Waals surface area contributed by atoms with Gasteiger partial charge in [0.25, 0.3) is 5.56 Å². The molecule has 0 bridgehead atoms. The molecule has 0 radical (unpaired) electrons. The van der Waals surface area contributed by atoms with Crippen molar-refractivity contribution >= 4 is 23.8 Å². The lowest BCUT2D eigenvalue weighted by Gasteiger charge is -2.15. The number of hydrogen-bond donors (Lipinski definition) is 1. The first kappa shape index (κ1) is 18.4. The van der Waals surface area contributed by atoms with Crippen LogP contribution >= 0.6 is 11.6 Å². The lowest BCUT2D eigenvalue weighted by atomic mass is 9.99. The fourth-order valence-electron chi connectivity index (χ4n) is 2.96. The van der Waals surface area contributed by atoms with Crippen molar-refractivity contribution in [1.29, 1.82) is 5.26 Å². The Hall–Kier alpha value is -3.36. The van der Waals surface area contributed by atoms with E-state index in [9.17, 15) is 10.1 Å². The maximum atomic E-state index is 12.5. The minimum absolute atomic E-state index is 0.296. The zero-order valence-corrected chi connectivity index (χ0v) is 15.4. The quantitative estimate of drug-likeness (QED) is 0.702. The summed E-state index contributed by atoms with van der Waals surface area (Å²) in [4.78, 5) is 16.7. The molecule has 5 nitrogen and oxygen atoms in total. The van der Waals surface area contributed by atoms with E-state index >= 15 is 0 Å². The van der Waals surface area contributed by atoms with Crippen LogP contribution in [0.4, 0.5) is 0 Å². The van der Waals surface area contributed by atoms with Gasteiger partial charge in [-0.2, -0.15) is 5.26 Å². The van der Waals surface area contributed by atoms with Crippen molar-refractivity contribution in [1.82, 2.24) is 14.8 Å². The highest BCUT2D eigenvalue weighted by atomic mass is 35.5. The smallest absolute Gasteiger partial charge is 0.270 e. The molecule has 1 atom stereocenters. The fraction of sp³-hybridized carbons (Fsp3) is 0.0952. The Morgan fingerprint density at radius 3 is 2.89 bits per heavy atom. The minimum Gasteiger partial charge on any atom is -0.270 e. The van der Waals surface area contributed by atoms with E-state index in [2.05, 4.69) is 22.7 Å². The highest BCUT2D eigenvalue weighted by molar-refractivity contribution is 6.30.